The first-order chi connectivity index (χ1) is 14.6. The molecule has 1 aromatic carbocycles. The lowest BCUT2D eigenvalue weighted by Gasteiger charge is -2.22. The molecule has 156 valence electrons. The van der Waals surface area contributed by atoms with Crippen molar-refractivity contribution in [1.82, 2.24) is 20.1 Å². The van der Waals surface area contributed by atoms with E-state index < -0.39 is 0 Å². The quantitative estimate of drug-likeness (QED) is 0.635. The molecule has 1 saturated carbocycles. The van der Waals surface area contributed by atoms with Crippen LogP contribution in [0.4, 0.5) is 0 Å². The van der Waals surface area contributed by atoms with Crippen molar-refractivity contribution in [1.29, 1.82) is 0 Å². The molecule has 3 aromatic rings. The number of ether oxygens (including phenoxy) is 1. The highest BCUT2D eigenvalue weighted by Gasteiger charge is 2.17. The fourth-order valence-corrected chi connectivity index (χ4v) is 4.01. The van der Waals surface area contributed by atoms with Gasteiger partial charge >= 0.3 is 0 Å². The summed E-state index contributed by atoms with van der Waals surface area (Å²) >= 11 is 0. The van der Waals surface area contributed by atoms with Gasteiger partial charge in [-0.1, -0.05) is 25.3 Å². The first-order valence-corrected chi connectivity index (χ1v) is 10.6. The van der Waals surface area contributed by atoms with Gasteiger partial charge in [0.15, 0.2) is 0 Å². The van der Waals surface area contributed by atoms with Gasteiger partial charge in [0.1, 0.15) is 11.5 Å². The number of nitrogens with one attached hydrogen (secondary N) is 1. The Balaban J connectivity index is 1.47. The monoisotopic (exact) mass is 404 g/mol. The van der Waals surface area contributed by atoms with Crippen LogP contribution in [0.1, 0.15) is 48.0 Å². The summed E-state index contributed by atoms with van der Waals surface area (Å²) in [6.07, 6.45) is 11.7. The Hall–Kier alpha value is -3.15. The summed E-state index contributed by atoms with van der Waals surface area (Å²) in [5.74, 6) is 1.91. The lowest BCUT2D eigenvalue weighted by atomic mass is 9.89. The Bertz CT molecular complexity index is 1020. The summed E-state index contributed by atoms with van der Waals surface area (Å²) in [5.41, 5.74) is 3.21. The first-order valence-electron chi connectivity index (χ1n) is 10.6. The summed E-state index contributed by atoms with van der Waals surface area (Å²) in [6.45, 7) is 2.68. The van der Waals surface area contributed by atoms with Gasteiger partial charge in [0.05, 0.1) is 11.9 Å². The van der Waals surface area contributed by atoms with E-state index in [0.717, 1.165) is 23.4 Å². The number of carbonyl (C=O) groups is 1. The van der Waals surface area contributed by atoms with Crippen LogP contribution in [-0.2, 0) is 7.05 Å². The Morgan fingerprint density at radius 1 is 1.23 bits per heavy atom. The van der Waals surface area contributed by atoms with E-state index in [1.807, 2.05) is 50.5 Å². The SMILES string of the molecule is Cc1c(Oc2ccnc(-c3cnn(C)c3)c2)cccc1C(=O)NCC1CCCCC1. The third-order valence-electron chi connectivity index (χ3n) is 5.76. The van der Waals surface area contributed by atoms with E-state index in [2.05, 4.69) is 15.4 Å². The zero-order chi connectivity index (χ0) is 20.9. The number of amides is 1. The van der Waals surface area contributed by atoms with E-state index in [4.69, 9.17) is 4.74 Å². The fourth-order valence-electron chi connectivity index (χ4n) is 4.01. The van der Waals surface area contributed by atoms with E-state index in [0.29, 0.717) is 23.0 Å². The van der Waals surface area contributed by atoms with Gasteiger partial charge in [-0.25, -0.2) is 0 Å². The zero-order valence-electron chi connectivity index (χ0n) is 17.6. The van der Waals surface area contributed by atoms with Crippen molar-refractivity contribution in [3.8, 4) is 22.8 Å². The Morgan fingerprint density at radius 3 is 2.83 bits per heavy atom. The number of rotatable bonds is 6. The minimum Gasteiger partial charge on any atom is -0.457 e. The van der Waals surface area contributed by atoms with E-state index in [9.17, 15) is 4.79 Å². The highest BCUT2D eigenvalue weighted by molar-refractivity contribution is 5.96. The minimum absolute atomic E-state index is 0.0331. The number of hydrogen-bond acceptors (Lipinski definition) is 4. The summed E-state index contributed by atoms with van der Waals surface area (Å²) in [5, 5.41) is 7.31. The molecule has 4 rings (SSSR count). The molecule has 1 aliphatic rings. The molecule has 6 heteroatoms. The molecule has 0 bridgehead atoms. The zero-order valence-corrected chi connectivity index (χ0v) is 17.6. The molecular weight excluding hydrogens is 376 g/mol. The van der Waals surface area contributed by atoms with Crippen LogP contribution in [0.5, 0.6) is 11.5 Å². The maximum atomic E-state index is 12.8. The van der Waals surface area contributed by atoms with Gasteiger partial charge in [0.2, 0.25) is 0 Å². The van der Waals surface area contributed by atoms with Crippen LogP contribution < -0.4 is 10.1 Å². The second kappa shape index (κ2) is 9.11. The van der Waals surface area contributed by atoms with E-state index in [-0.39, 0.29) is 5.91 Å². The summed E-state index contributed by atoms with van der Waals surface area (Å²) in [6, 6.07) is 9.30. The Kier molecular flexibility index (Phi) is 6.12. The molecule has 1 N–H and O–H groups in total. The predicted molar refractivity (Wildman–Crippen MR) is 117 cm³/mol. The molecule has 1 aliphatic carbocycles. The summed E-state index contributed by atoms with van der Waals surface area (Å²) in [7, 11) is 1.87. The molecule has 0 spiro atoms. The van der Waals surface area contributed by atoms with Gasteiger partial charge in [-0.3, -0.25) is 14.5 Å². The van der Waals surface area contributed by atoms with Crippen molar-refractivity contribution in [2.75, 3.05) is 6.54 Å². The van der Waals surface area contributed by atoms with Crippen LogP contribution >= 0.6 is 0 Å². The number of aromatic nitrogens is 3. The molecule has 1 fully saturated rings. The molecule has 1 amide bonds. The van der Waals surface area contributed by atoms with Gasteiger partial charge in [-0.15, -0.1) is 0 Å². The average Bonchev–Trinajstić information content (AvgIpc) is 3.21. The van der Waals surface area contributed by atoms with Gasteiger partial charge in [-0.05, 0) is 43.9 Å². The van der Waals surface area contributed by atoms with Crippen molar-refractivity contribution >= 4 is 5.91 Å². The number of benzene rings is 1. The standard InChI is InChI=1S/C24H28N4O2/c1-17-21(24(29)26-14-18-7-4-3-5-8-18)9-6-10-23(17)30-20-11-12-25-22(13-20)19-15-27-28(2)16-19/h6,9-13,15-16,18H,3-5,7-8,14H2,1-2H3,(H,26,29). The molecule has 0 radical (unpaired) electrons. The molecule has 2 heterocycles. The van der Waals surface area contributed by atoms with Crippen LogP contribution in [-0.4, -0.2) is 27.2 Å². The number of pyridine rings is 1. The topological polar surface area (TPSA) is 69.0 Å². The smallest absolute Gasteiger partial charge is 0.251 e. The van der Waals surface area contributed by atoms with Crippen molar-refractivity contribution in [3.63, 3.8) is 0 Å². The van der Waals surface area contributed by atoms with Gasteiger partial charge in [0.25, 0.3) is 5.91 Å². The van der Waals surface area contributed by atoms with Gasteiger partial charge < -0.3 is 10.1 Å². The Labute approximate surface area is 177 Å². The molecule has 30 heavy (non-hydrogen) atoms. The highest BCUT2D eigenvalue weighted by Crippen LogP contribution is 2.29. The number of hydrogen-bond donors (Lipinski definition) is 1. The molecule has 0 aliphatic heterocycles. The second-order valence-electron chi connectivity index (χ2n) is 8.02. The van der Waals surface area contributed by atoms with Crippen LogP contribution in [0.2, 0.25) is 0 Å². The van der Waals surface area contributed by atoms with Crippen LogP contribution in [0.15, 0.2) is 48.9 Å². The third-order valence-corrected chi connectivity index (χ3v) is 5.76. The molecule has 0 saturated heterocycles. The minimum atomic E-state index is -0.0331. The third kappa shape index (κ3) is 4.70. The van der Waals surface area contributed by atoms with Crippen molar-refractivity contribution in [2.24, 2.45) is 13.0 Å². The van der Waals surface area contributed by atoms with E-state index in [1.54, 1.807) is 17.1 Å². The number of nitrogens with zero attached hydrogens (tertiary/aromatic N) is 3. The summed E-state index contributed by atoms with van der Waals surface area (Å²) in [4.78, 5) is 17.2. The first kappa shape index (κ1) is 20.1. The second-order valence-corrected chi connectivity index (χ2v) is 8.02. The van der Waals surface area contributed by atoms with E-state index >= 15 is 0 Å². The summed E-state index contributed by atoms with van der Waals surface area (Å²) < 4.78 is 7.86. The lowest BCUT2D eigenvalue weighted by molar-refractivity contribution is 0.0942. The van der Waals surface area contributed by atoms with Crippen molar-refractivity contribution in [2.45, 2.75) is 39.0 Å². The maximum Gasteiger partial charge on any atom is 0.251 e. The van der Waals surface area contributed by atoms with Gasteiger partial charge in [-0.2, -0.15) is 5.10 Å². The molecule has 0 atom stereocenters. The van der Waals surface area contributed by atoms with Crippen LogP contribution in [0, 0.1) is 12.8 Å². The van der Waals surface area contributed by atoms with Gasteiger partial charge in [0, 0.05) is 48.7 Å². The molecule has 2 aromatic heterocycles. The highest BCUT2D eigenvalue weighted by atomic mass is 16.5. The van der Waals surface area contributed by atoms with Crippen molar-refractivity contribution < 1.29 is 9.53 Å². The lowest BCUT2D eigenvalue weighted by Crippen LogP contribution is -2.30. The largest absolute Gasteiger partial charge is 0.457 e. The molecule has 6 nitrogen and oxygen atoms in total. The predicted octanol–water partition coefficient (Wildman–Crippen LogP) is 4.89. The maximum absolute atomic E-state index is 12.8. The average molecular weight is 405 g/mol. The number of aryl methyl sites for hydroxylation is 1. The fraction of sp³-hybridized carbons (Fsp3) is 0.375. The van der Waals surface area contributed by atoms with E-state index in [1.165, 1.54) is 32.1 Å². The molecular formula is C24H28N4O2. The normalized spacial score (nSPS) is 14.5. The number of carbonyl (C=O) groups excluding carboxylic acids is 1. The molecule has 0 unspecified atom stereocenters. The van der Waals surface area contributed by atoms with Crippen LogP contribution in [0.25, 0.3) is 11.3 Å². The van der Waals surface area contributed by atoms with Crippen molar-refractivity contribution in [3.05, 3.63) is 60.0 Å². The van der Waals surface area contributed by atoms with Crippen LogP contribution in [0.3, 0.4) is 0 Å². The Morgan fingerprint density at radius 2 is 2.07 bits per heavy atom.